The number of carbonyl (C=O) groups excluding carboxylic acids is 1. The average molecular weight is 354 g/mol. The van der Waals surface area contributed by atoms with E-state index in [9.17, 15) is 4.79 Å². The third kappa shape index (κ3) is 4.67. The number of carbonyl (C=O) groups is 1. The monoisotopic (exact) mass is 353 g/mol. The fourth-order valence-corrected chi connectivity index (χ4v) is 3.50. The Kier molecular flexibility index (Phi) is 6.18. The molecule has 0 atom stereocenters. The molecular weight excluding hydrogens is 337 g/mol. The highest BCUT2D eigenvalue weighted by Crippen LogP contribution is 2.30. The number of para-hydroxylation sites is 1. The van der Waals surface area contributed by atoms with Crippen LogP contribution in [0.3, 0.4) is 0 Å². The first-order valence-corrected chi connectivity index (χ1v) is 8.65. The van der Waals surface area contributed by atoms with Crippen LogP contribution in [-0.2, 0) is 4.79 Å². The molecule has 116 valence electrons. The molecule has 0 heterocycles. The van der Waals surface area contributed by atoms with Crippen molar-refractivity contribution in [3.05, 3.63) is 57.6 Å². The molecule has 0 saturated carbocycles. The van der Waals surface area contributed by atoms with Gasteiger partial charge in [0.2, 0.25) is 5.91 Å². The highest BCUT2D eigenvalue weighted by Gasteiger charge is 2.10. The quantitative estimate of drug-likeness (QED) is 0.695. The molecule has 1 N–H and O–H groups in total. The second-order valence-electron chi connectivity index (χ2n) is 5.01. The normalized spacial score (nSPS) is 10.5. The number of amides is 1. The number of anilines is 1. The number of thioether (sulfide) groups is 1. The van der Waals surface area contributed by atoms with Crippen LogP contribution in [0.4, 0.5) is 5.69 Å². The van der Waals surface area contributed by atoms with Crippen molar-refractivity contribution in [3.8, 4) is 0 Å². The zero-order chi connectivity index (χ0) is 16.1. The molecule has 0 aliphatic rings. The molecule has 0 aliphatic carbocycles. The van der Waals surface area contributed by atoms with E-state index in [4.69, 9.17) is 23.2 Å². The molecular formula is C17H17Cl2NOS. The van der Waals surface area contributed by atoms with Gasteiger partial charge < -0.3 is 5.32 Å². The van der Waals surface area contributed by atoms with Crippen LogP contribution in [0.5, 0.6) is 0 Å². The van der Waals surface area contributed by atoms with E-state index in [0.717, 1.165) is 0 Å². The predicted molar refractivity (Wildman–Crippen MR) is 96.3 cm³/mol. The van der Waals surface area contributed by atoms with Crippen molar-refractivity contribution in [2.45, 2.75) is 25.2 Å². The van der Waals surface area contributed by atoms with E-state index < -0.39 is 0 Å². The van der Waals surface area contributed by atoms with Crippen molar-refractivity contribution in [2.75, 3.05) is 11.1 Å². The van der Waals surface area contributed by atoms with E-state index in [1.54, 1.807) is 30.0 Å². The maximum absolute atomic E-state index is 12.0. The number of hydrogen-bond donors (Lipinski definition) is 1. The largest absolute Gasteiger partial charge is 0.324 e. The maximum atomic E-state index is 12.0. The number of rotatable bonds is 5. The second kappa shape index (κ2) is 7.91. The molecule has 0 radical (unpaired) electrons. The summed E-state index contributed by atoms with van der Waals surface area (Å²) < 4.78 is 0. The highest BCUT2D eigenvalue weighted by atomic mass is 35.5. The Morgan fingerprint density at radius 3 is 2.50 bits per heavy atom. The van der Waals surface area contributed by atoms with Crippen LogP contribution in [0.15, 0.2) is 41.3 Å². The Balaban J connectivity index is 1.89. The lowest BCUT2D eigenvalue weighted by Gasteiger charge is -2.10. The smallest absolute Gasteiger partial charge is 0.225 e. The molecule has 2 aromatic carbocycles. The fraction of sp³-hybridized carbons (Fsp3) is 0.235. The molecule has 2 rings (SSSR count). The van der Waals surface area contributed by atoms with Gasteiger partial charge in [0.05, 0.1) is 15.7 Å². The standard InChI is InChI=1S/C17H17Cl2NOS/c1-11-6-7-12(2)15(10-11)22-9-8-16(21)20-17-13(18)4-3-5-14(17)19/h3-7,10H,8-9H2,1-2H3,(H,20,21). The average Bonchev–Trinajstić information content (AvgIpc) is 2.47. The first-order valence-electron chi connectivity index (χ1n) is 6.91. The highest BCUT2D eigenvalue weighted by molar-refractivity contribution is 7.99. The third-order valence-electron chi connectivity index (χ3n) is 3.16. The minimum atomic E-state index is -0.0900. The summed E-state index contributed by atoms with van der Waals surface area (Å²) >= 11 is 13.8. The molecule has 2 nitrogen and oxygen atoms in total. The van der Waals surface area contributed by atoms with Crippen LogP contribution < -0.4 is 5.32 Å². The van der Waals surface area contributed by atoms with Gasteiger partial charge in [0.1, 0.15) is 0 Å². The summed E-state index contributed by atoms with van der Waals surface area (Å²) in [7, 11) is 0. The molecule has 0 spiro atoms. The van der Waals surface area contributed by atoms with Crippen molar-refractivity contribution in [1.29, 1.82) is 0 Å². The second-order valence-corrected chi connectivity index (χ2v) is 6.96. The van der Waals surface area contributed by atoms with Gasteiger partial charge in [0.15, 0.2) is 0 Å². The van der Waals surface area contributed by atoms with Crippen LogP contribution >= 0.6 is 35.0 Å². The van der Waals surface area contributed by atoms with Gasteiger partial charge in [-0.15, -0.1) is 11.8 Å². The van der Waals surface area contributed by atoms with Gasteiger partial charge in [-0.05, 0) is 37.6 Å². The van der Waals surface area contributed by atoms with E-state index in [1.165, 1.54) is 16.0 Å². The van der Waals surface area contributed by atoms with Crippen LogP contribution in [0.2, 0.25) is 10.0 Å². The molecule has 0 aliphatic heterocycles. The fourth-order valence-electron chi connectivity index (χ4n) is 1.94. The molecule has 2 aromatic rings. The van der Waals surface area contributed by atoms with Gasteiger partial charge in [-0.2, -0.15) is 0 Å². The number of benzene rings is 2. The van der Waals surface area contributed by atoms with Crippen molar-refractivity contribution in [1.82, 2.24) is 0 Å². The molecule has 0 bridgehead atoms. The summed E-state index contributed by atoms with van der Waals surface area (Å²) in [5.74, 6) is 0.617. The van der Waals surface area contributed by atoms with Gasteiger partial charge in [0, 0.05) is 17.1 Å². The van der Waals surface area contributed by atoms with Crippen LogP contribution in [0.25, 0.3) is 0 Å². The molecule has 5 heteroatoms. The summed E-state index contributed by atoms with van der Waals surface area (Å²) in [5.41, 5.74) is 2.93. The van der Waals surface area contributed by atoms with E-state index in [1.807, 2.05) is 0 Å². The molecule has 1 amide bonds. The summed E-state index contributed by atoms with van der Waals surface area (Å²) in [6.45, 7) is 4.14. The summed E-state index contributed by atoms with van der Waals surface area (Å²) in [6.07, 6.45) is 0.402. The third-order valence-corrected chi connectivity index (χ3v) is 4.95. The van der Waals surface area contributed by atoms with E-state index in [0.29, 0.717) is 27.9 Å². The van der Waals surface area contributed by atoms with Crippen molar-refractivity contribution >= 4 is 46.6 Å². The Labute approximate surface area is 145 Å². The number of nitrogens with one attached hydrogen (secondary N) is 1. The zero-order valence-electron chi connectivity index (χ0n) is 12.5. The molecule has 0 unspecified atom stereocenters. The summed E-state index contributed by atoms with van der Waals surface area (Å²) in [5, 5.41) is 3.67. The van der Waals surface area contributed by atoms with E-state index in [2.05, 4.69) is 37.4 Å². The maximum Gasteiger partial charge on any atom is 0.225 e. The molecule has 0 aromatic heterocycles. The van der Waals surface area contributed by atoms with Crippen molar-refractivity contribution < 1.29 is 4.79 Å². The molecule has 0 saturated heterocycles. The van der Waals surface area contributed by atoms with Gasteiger partial charge in [-0.3, -0.25) is 4.79 Å². The lowest BCUT2D eigenvalue weighted by molar-refractivity contribution is -0.115. The topological polar surface area (TPSA) is 29.1 Å². The van der Waals surface area contributed by atoms with Crippen LogP contribution in [-0.4, -0.2) is 11.7 Å². The minimum absolute atomic E-state index is 0.0900. The van der Waals surface area contributed by atoms with Crippen LogP contribution in [0.1, 0.15) is 17.5 Å². The number of aryl methyl sites for hydroxylation is 2. The summed E-state index contributed by atoms with van der Waals surface area (Å²) in [6, 6.07) is 11.5. The zero-order valence-corrected chi connectivity index (χ0v) is 14.8. The number of halogens is 2. The van der Waals surface area contributed by atoms with Gasteiger partial charge in [-0.1, -0.05) is 47.0 Å². The minimum Gasteiger partial charge on any atom is -0.324 e. The predicted octanol–water partition coefficient (Wildman–Crippen LogP) is 5.73. The van der Waals surface area contributed by atoms with Crippen LogP contribution in [0, 0.1) is 13.8 Å². The Bertz CT molecular complexity index is 668. The first kappa shape index (κ1) is 17.2. The van der Waals surface area contributed by atoms with E-state index in [-0.39, 0.29) is 5.91 Å². The van der Waals surface area contributed by atoms with Gasteiger partial charge in [-0.25, -0.2) is 0 Å². The molecule has 22 heavy (non-hydrogen) atoms. The lowest BCUT2D eigenvalue weighted by Crippen LogP contribution is -2.12. The van der Waals surface area contributed by atoms with Gasteiger partial charge in [0.25, 0.3) is 0 Å². The van der Waals surface area contributed by atoms with Crippen molar-refractivity contribution in [3.63, 3.8) is 0 Å². The molecule has 0 fully saturated rings. The van der Waals surface area contributed by atoms with E-state index >= 15 is 0 Å². The SMILES string of the molecule is Cc1ccc(C)c(SCCC(=O)Nc2c(Cl)cccc2Cl)c1. The van der Waals surface area contributed by atoms with Gasteiger partial charge >= 0.3 is 0 Å². The number of hydrogen-bond acceptors (Lipinski definition) is 2. The Morgan fingerprint density at radius 2 is 1.82 bits per heavy atom. The van der Waals surface area contributed by atoms with Crippen molar-refractivity contribution in [2.24, 2.45) is 0 Å². The first-order chi connectivity index (χ1) is 10.5. The Hall–Kier alpha value is -1.16. The summed E-state index contributed by atoms with van der Waals surface area (Å²) in [4.78, 5) is 13.2. The Morgan fingerprint density at radius 1 is 1.14 bits per heavy atom. The lowest BCUT2D eigenvalue weighted by atomic mass is 10.2.